The van der Waals surface area contributed by atoms with Crippen molar-refractivity contribution < 1.29 is 13.2 Å². The van der Waals surface area contributed by atoms with Crippen molar-refractivity contribution in [2.24, 2.45) is 0 Å². The number of fused-ring (bicyclic) bond motifs is 4. The summed E-state index contributed by atoms with van der Waals surface area (Å²) in [5.41, 5.74) is 5.77. The Labute approximate surface area is 222 Å². The number of amides is 1. The van der Waals surface area contributed by atoms with Crippen molar-refractivity contribution in [3.8, 4) is 0 Å². The van der Waals surface area contributed by atoms with E-state index in [0.29, 0.717) is 12.1 Å². The van der Waals surface area contributed by atoms with Gasteiger partial charge in [0.25, 0.3) is 0 Å². The molecule has 192 valence electrons. The topological polar surface area (TPSA) is 71.4 Å². The van der Waals surface area contributed by atoms with Crippen LogP contribution in [0, 0.1) is 6.92 Å². The van der Waals surface area contributed by atoms with Crippen molar-refractivity contribution in [1.82, 2.24) is 8.87 Å². The molecule has 0 fully saturated rings. The third-order valence-electron chi connectivity index (χ3n) is 7.49. The molecule has 0 saturated heterocycles. The Kier molecular flexibility index (Phi) is 6.05. The third kappa shape index (κ3) is 4.08. The molecule has 1 aliphatic heterocycles. The van der Waals surface area contributed by atoms with E-state index in [1.807, 2.05) is 61.5 Å². The van der Waals surface area contributed by atoms with Crippen LogP contribution in [0.15, 0.2) is 95.9 Å². The lowest BCUT2D eigenvalue weighted by Crippen LogP contribution is -2.50. The minimum absolute atomic E-state index is 0.146. The van der Waals surface area contributed by atoms with Crippen LogP contribution in [0.3, 0.4) is 0 Å². The fourth-order valence-electron chi connectivity index (χ4n) is 5.52. The van der Waals surface area contributed by atoms with Crippen molar-refractivity contribution in [2.75, 3.05) is 5.32 Å². The summed E-state index contributed by atoms with van der Waals surface area (Å²) in [6.07, 6.45) is 0.310. The van der Waals surface area contributed by atoms with Crippen molar-refractivity contribution in [3.05, 3.63) is 108 Å². The van der Waals surface area contributed by atoms with Gasteiger partial charge in [-0.3, -0.25) is 4.79 Å². The molecule has 0 bridgehead atoms. The SMILES string of the molecule is CCn1c2ccccc2c2cc(NC(=O)C3Cc4ccccc4CN3S(=O)(=O)c3ccc(C)cc3)ccc21. The lowest BCUT2D eigenvalue weighted by molar-refractivity contribution is -0.120. The summed E-state index contributed by atoms with van der Waals surface area (Å²) in [5.74, 6) is -0.339. The van der Waals surface area contributed by atoms with Gasteiger partial charge in [-0.2, -0.15) is 4.31 Å². The second-order valence-corrected chi connectivity index (χ2v) is 11.7. The molecule has 7 heteroatoms. The molecule has 1 amide bonds. The molecule has 5 aromatic rings. The number of para-hydroxylation sites is 1. The van der Waals surface area contributed by atoms with Gasteiger partial charge < -0.3 is 9.88 Å². The third-order valence-corrected chi connectivity index (χ3v) is 9.36. The van der Waals surface area contributed by atoms with E-state index in [2.05, 4.69) is 28.9 Å². The minimum Gasteiger partial charge on any atom is -0.341 e. The molecule has 1 aliphatic rings. The first-order valence-corrected chi connectivity index (χ1v) is 14.3. The molecule has 6 nitrogen and oxygen atoms in total. The maximum Gasteiger partial charge on any atom is 0.244 e. The fourth-order valence-corrected chi connectivity index (χ4v) is 7.08. The van der Waals surface area contributed by atoms with Gasteiger partial charge in [-0.15, -0.1) is 0 Å². The minimum atomic E-state index is -3.90. The van der Waals surface area contributed by atoms with Crippen molar-refractivity contribution in [3.63, 3.8) is 0 Å². The predicted octanol–water partition coefficient (Wildman–Crippen LogP) is 5.88. The Hall–Kier alpha value is -3.94. The number of sulfonamides is 1. The summed E-state index contributed by atoms with van der Waals surface area (Å²) in [6, 6.07) is 27.8. The summed E-state index contributed by atoms with van der Waals surface area (Å²) in [5, 5.41) is 5.21. The Morgan fingerprint density at radius 1 is 0.868 bits per heavy atom. The molecule has 1 atom stereocenters. The van der Waals surface area contributed by atoms with Crippen LogP contribution in [0.4, 0.5) is 5.69 Å². The molecule has 1 N–H and O–H groups in total. The van der Waals surface area contributed by atoms with Crippen molar-refractivity contribution in [1.29, 1.82) is 0 Å². The standard InChI is InChI=1S/C31H29N3O3S/c1-3-33-28-11-7-6-10-26(28)27-19-24(14-17-29(27)33)32-31(35)30-18-22-8-4-5-9-23(22)20-34(30)38(36,37)25-15-12-21(2)13-16-25/h4-17,19,30H,3,18,20H2,1-2H3,(H,32,35). The molecule has 6 rings (SSSR count). The molecule has 0 saturated carbocycles. The van der Waals surface area contributed by atoms with Crippen LogP contribution in [-0.2, 0) is 34.3 Å². The molecular formula is C31H29N3O3S. The predicted molar refractivity (Wildman–Crippen MR) is 152 cm³/mol. The van der Waals surface area contributed by atoms with Gasteiger partial charge in [-0.05, 0) is 67.8 Å². The number of nitrogens with one attached hydrogen (secondary N) is 1. The van der Waals surface area contributed by atoms with E-state index in [0.717, 1.165) is 45.0 Å². The molecule has 38 heavy (non-hydrogen) atoms. The summed E-state index contributed by atoms with van der Waals surface area (Å²) in [7, 11) is -3.90. The molecule has 0 aliphatic carbocycles. The van der Waals surface area contributed by atoms with Crippen molar-refractivity contribution in [2.45, 2.75) is 44.3 Å². The molecule has 1 aromatic heterocycles. The Morgan fingerprint density at radius 2 is 1.55 bits per heavy atom. The highest BCUT2D eigenvalue weighted by Gasteiger charge is 2.39. The smallest absolute Gasteiger partial charge is 0.244 e. The number of aromatic nitrogens is 1. The number of aryl methyl sites for hydroxylation is 2. The normalized spacial score (nSPS) is 16.0. The second-order valence-electron chi connectivity index (χ2n) is 9.83. The lowest BCUT2D eigenvalue weighted by Gasteiger charge is -2.35. The van der Waals surface area contributed by atoms with Crippen LogP contribution < -0.4 is 5.32 Å². The van der Waals surface area contributed by atoms with E-state index in [-0.39, 0.29) is 17.3 Å². The van der Waals surface area contributed by atoms with Crippen LogP contribution in [-0.4, -0.2) is 29.2 Å². The van der Waals surface area contributed by atoms with Gasteiger partial charge in [-0.1, -0.05) is 60.2 Å². The molecule has 0 radical (unpaired) electrons. The quantitative estimate of drug-likeness (QED) is 0.313. The number of rotatable bonds is 5. The van der Waals surface area contributed by atoms with E-state index < -0.39 is 16.1 Å². The van der Waals surface area contributed by atoms with Crippen LogP contribution in [0.5, 0.6) is 0 Å². The van der Waals surface area contributed by atoms with E-state index in [1.54, 1.807) is 24.3 Å². The second kappa shape index (κ2) is 9.42. The zero-order chi connectivity index (χ0) is 26.4. The van der Waals surface area contributed by atoms with Gasteiger partial charge in [0, 0.05) is 40.6 Å². The summed E-state index contributed by atoms with van der Waals surface area (Å²) < 4.78 is 31.1. The average Bonchev–Trinajstić information content (AvgIpc) is 3.25. The highest BCUT2D eigenvalue weighted by atomic mass is 32.2. The van der Waals surface area contributed by atoms with Crippen LogP contribution >= 0.6 is 0 Å². The largest absolute Gasteiger partial charge is 0.341 e. The van der Waals surface area contributed by atoms with Gasteiger partial charge in [0.05, 0.1) is 4.90 Å². The average molecular weight is 524 g/mol. The zero-order valence-electron chi connectivity index (χ0n) is 21.4. The number of anilines is 1. The first-order valence-electron chi connectivity index (χ1n) is 12.8. The van der Waals surface area contributed by atoms with E-state index in [4.69, 9.17) is 0 Å². The molecular weight excluding hydrogens is 494 g/mol. The molecule has 2 heterocycles. The lowest BCUT2D eigenvalue weighted by atomic mass is 9.95. The zero-order valence-corrected chi connectivity index (χ0v) is 22.2. The van der Waals surface area contributed by atoms with Gasteiger partial charge in [0.1, 0.15) is 6.04 Å². The maximum atomic E-state index is 13.8. The first-order chi connectivity index (χ1) is 18.4. The molecule has 4 aromatic carbocycles. The molecule has 1 unspecified atom stereocenters. The number of benzene rings is 4. The summed E-state index contributed by atoms with van der Waals surface area (Å²) in [4.78, 5) is 13.9. The van der Waals surface area contributed by atoms with Crippen LogP contribution in [0.2, 0.25) is 0 Å². The van der Waals surface area contributed by atoms with E-state index >= 15 is 0 Å². The summed E-state index contributed by atoms with van der Waals surface area (Å²) in [6.45, 7) is 5.01. The number of carbonyl (C=O) groups is 1. The van der Waals surface area contributed by atoms with Crippen LogP contribution in [0.1, 0.15) is 23.6 Å². The fraction of sp³-hybridized carbons (Fsp3) is 0.194. The highest BCUT2D eigenvalue weighted by Crippen LogP contribution is 2.33. The maximum absolute atomic E-state index is 13.8. The number of nitrogens with zero attached hydrogens (tertiary/aromatic N) is 2. The number of hydrogen-bond donors (Lipinski definition) is 1. The Bertz CT molecular complexity index is 1790. The van der Waals surface area contributed by atoms with E-state index in [9.17, 15) is 13.2 Å². The van der Waals surface area contributed by atoms with E-state index in [1.165, 1.54) is 4.31 Å². The van der Waals surface area contributed by atoms with Crippen LogP contribution in [0.25, 0.3) is 21.8 Å². The van der Waals surface area contributed by atoms with Gasteiger partial charge in [0.15, 0.2) is 0 Å². The first kappa shape index (κ1) is 24.4. The van der Waals surface area contributed by atoms with Crippen molar-refractivity contribution >= 4 is 43.4 Å². The molecule has 0 spiro atoms. The number of hydrogen-bond acceptors (Lipinski definition) is 3. The Balaban J connectivity index is 1.38. The Morgan fingerprint density at radius 3 is 2.32 bits per heavy atom. The number of carbonyl (C=O) groups excluding carboxylic acids is 1. The highest BCUT2D eigenvalue weighted by molar-refractivity contribution is 7.89. The van der Waals surface area contributed by atoms with Gasteiger partial charge in [-0.25, -0.2) is 8.42 Å². The van der Waals surface area contributed by atoms with Gasteiger partial charge >= 0.3 is 0 Å². The summed E-state index contributed by atoms with van der Waals surface area (Å²) >= 11 is 0. The monoisotopic (exact) mass is 523 g/mol. The van der Waals surface area contributed by atoms with Gasteiger partial charge in [0.2, 0.25) is 15.9 Å².